The molecule has 0 bridgehead atoms. The van der Waals surface area contributed by atoms with E-state index in [9.17, 15) is 32.4 Å². The number of benzene rings is 1. The lowest BCUT2D eigenvalue weighted by Gasteiger charge is -2.37. The maximum absolute atomic E-state index is 14.7. The van der Waals surface area contributed by atoms with Crippen LogP contribution < -0.4 is 24.8 Å². The molecule has 1 saturated heterocycles. The first-order valence-electron chi connectivity index (χ1n) is 18.3. The number of aromatic nitrogens is 1. The highest BCUT2D eigenvalue weighted by molar-refractivity contribution is 7.91. The largest absolute Gasteiger partial charge is 0.497 e. The van der Waals surface area contributed by atoms with Gasteiger partial charge in [-0.3, -0.25) is 19.1 Å². The number of likely N-dealkylation sites (N-methyl/N-ethyl adjacent to an activating group) is 1. The molecule has 55 heavy (non-hydrogen) atoms. The van der Waals surface area contributed by atoms with Gasteiger partial charge in [-0.15, -0.1) is 6.58 Å². The molecule has 300 valence electrons. The summed E-state index contributed by atoms with van der Waals surface area (Å²) in [5.74, 6) is -2.78. The van der Waals surface area contributed by atoms with Gasteiger partial charge >= 0.3 is 12.0 Å². The number of ether oxygens (including phenoxy) is 3. The highest BCUT2D eigenvalue weighted by atomic mass is 32.2. The van der Waals surface area contributed by atoms with E-state index in [0.29, 0.717) is 24.0 Å². The topological polar surface area (TPSA) is 203 Å². The zero-order valence-corrected chi connectivity index (χ0v) is 33.4. The second-order valence-electron chi connectivity index (χ2n) is 15.9. The monoisotopic (exact) mass is 784 g/mol. The van der Waals surface area contributed by atoms with Gasteiger partial charge in [0.2, 0.25) is 27.7 Å². The van der Waals surface area contributed by atoms with E-state index >= 15 is 0 Å². The molecule has 0 unspecified atom stereocenters. The summed E-state index contributed by atoms with van der Waals surface area (Å²) in [6, 6.07) is 3.10. The lowest BCUT2D eigenvalue weighted by atomic mass is 9.85. The number of methoxy groups -OCH3 is 2. The number of likely N-dealkylation sites (tertiary alicyclic amines) is 1. The van der Waals surface area contributed by atoms with Crippen molar-refractivity contribution in [2.75, 3.05) is 27.8 Å². The minimum atomic E-state index is -3.93. The number of carbonyl (C=O) groups excluding carboxylic acids is 5. The average Bonchev–Trinajstić information content (AvgIpc) is 4.06. The number of hydrogen-bond acceptors (Lipinski definition) is 11. The molecule has 3 fully saturated rings. The van der Waals surface area contributed by atoms with Gasteiger partial charge in [0.15, 0.2) is 0 Å². The van der Waals surface area contributed by atoms with Crippen LogP contribution in [0.3, 0.4) is 0 Å². The molecule has 2 saturated carbocycles. The Morgan fingerprint density at radius 3 is 2.36 bits per heavy atom. The third kappa shape index (κ3) is 8.66. The minimum Gasteiger partial charge on any atom is -0.497 e. The van der Waals surface area contributed by atoms with E-state index in [1.165, 1.54) is 30.0 Å². The first-order chi connectivity index (χ1) is 25.8. The number of fused-ring (bicyclic) bond motifs is 1. The Balaban J connectivity index is 1.46. The fraction of sp³-hybridized carbons (Fsp3) is 0.579. The Morgan fingerprint density at radius 2 is 1.80 bits per heavy atom. The number of carbonyl (C=O) groups is 5. The van der Waals surface area contributed by atoms with Gasteiger partial charge in [-0.05, 0) is 60.2 Å². The van der Waals surface area contributed by atoms with E-state index < -0.39 is 86.1 Å². The third-order valence-corrected chi connectivity index (χ3v) is 12.3. The molecular formula is C38H52N6O10S. The second kappa shape index (κ2) is 15.7. The molecule has 2 heterocycles. The number of hydrogen-bond donors (Lipinski definition) is 3. The van der Waals surface area contributed by atoms with Crippen LogP contribution in [0.15, 0.2) is 43.1 Å². The number of esters is 1. The van der Waals surface area contributed by atoms with E-state index in [-0.39, 0.29) is 31.2 Å². The molecule has 1 aliphatic heterocycles. The normalized spacial score (nSPS) is 23.3. The SMILES string of the molecule is C=C[C@@H]1C[C@]1(NC(=O)[C@@H]1C[C@@H](Oc2nccc3cc(OC)ccc23)CN1C(=O)[C@@H](NC(=O)N(C)[C@H](C(=O)OC)C(C)C)C(C)(C)C)C(=O)NS(=O)(=O)C1CC1. The molecule has 2 aromatic rings. The summed E-state index contributed by atoms with van der Waals surface area (Å²) >= 11 is 0. The van der Waals surface area contributed by atoms with Crippen molar-refractivity contribution in [3.63, 3.8) is 0 Å². The summed E-state index contributed by atoms with van der Waals surface area (Å²) in [5, 5.41) is 6.35. The Kier molecular flexibility index (Phi) is 11.7. The number of nitrogens with zero attached hydrogens (tertiary/aromatic N) is 3. The average molecular weight is 785 g/mol. The Bertz CT molecular complexity index is 1960. The van der Waals surface area contributed by atoms with Crippen LogP contribution in [0, 0.1) is 17.3 Å². The van der Waals surface area contributed by atoms with Gasteiger partial charge in [-0.2, -0.15) is 0 Å². The number of rotatable bonds is 14. The van der Waals surface area contributed by atoms with E-state index in [1.54, 1.807) is 66.1 Å². The molecule has 2 aliphatic carbocycles. The van der Waals surface area contributed by atoms with E-state index in [0.717, 1.165) is 5.39 Å². The van der Waals surface area contributed by atoms with Crippen LogP contribution >= 0.6 is 0 Å². The number of amides is 5. The molecule has 5 amide bonds. The van der Waals surface area contributed by atoms with Crippen LogP contribution in [0.25, 0.3) is 10.8 Å². The number of nitrogens with one attached hydrogen (secondary N) is 3. The predicted octanol–water partition coefficient (Wildman–Crippen LogP) is 2.51. The van der Waals surface area contributed by atoms with Crippen LogP contribution in [0.1, 0.15) is 60.3 Å². The first kappa shape index (κ1) is 41.2. The zero-order valence-electron chi connectivity index (χ0n) is 32.6. The van der Waals surface area contributed by atoms with Crippen molar-refractivity contribution in [2.45, 2.75) is 95.3 Å². The van der Waals surface area contributed by atoms with Gasteiger partial charge in [-0.25, -0.2) is 23.0 Å². The quantitative estimate of drug-likeness (QED) is 0.188. The smallest absolute Gasteiger partial charge is 0.328 e. The fourth-order valence-corrected chi connectivity index (χ4v) is 8.43. The summed E-state index contributed by atoms with van der Waals surface area (Å²) in [5.41, 5.74) is -2.49. The Labute approximate surface area is 321 Å². The molecule has 0 radical (unpaired) electrons. The lowest BCUT2D eigenvalue weighted by molar-refractivity contribution is -0.147. The van der Waals surface area contributed by atoms with Crippen LogP contribution in [0.4, 0.5) is 4.79 Å². The van der Waals surface area contributed by atoms with E-state index in [4.69, 9.17) is 14.2 Å². The molecule has 17 heteroatoms. The molecule has 6 atom stereocenters. The fourth-order valence-electron chi connectivity index (χ4n) is 7.07. The molecule has 0 spiro atoms. The summed E-state index contributed by atoms with van der Waals surface area (Å²) in [7, 11) is 0.289. The van der Waals surface area contributed by atoms with Gasteiger partial charge in [-0.1, -0.05) is 40.7 Å². The standard InChI is InChI=1S/C38H52N6O10S/c1-10-23-19-38(23,35(48)42-55(50,51)26-12-13-26)41-31(45)28-18-25(54-32-27-14-11-24(52-8)17-22(27)15-16-39-32)20-44(28)33(46)30(37(4,5)6)40-36(49)43(7)29(21(2)3)34(47)53-9/h10-11,14-17,21,23,25-26,28-30H,1,12-13,18-20H2,2-9H3,(H,40,49)(H,41,45)(H,42,48)/t23-,25-,28+,29+,30-,38-/m1/s1. The van der Waals surface area contributed by atoms with E-state index in [1.807, 2.05) is 6.07 Å². The van der Waals surface area contributed by atoms with Gasteiger partial charge in [0, 0.05) is 31.0 Å². The van der Waals surface area contributed by atoms with Crippen molar-refractivity contribution in [2.24, 2.45) is 17.3 Å². The Hall–Kier alpha value is -4.93. The molecule has 3 N–H and O–H groups in total. The van der Waals surface area contributed by atoms with Gasteiger partial charge in [0.25, 0.3) is 5.91 Å². The summed E-state index contributed by atoms with van der Waals surface area (Å²) in [6.45, 7) is 12.4. The summed E-state index contributed by atoms with van der Waals surface area (Å²) < 4.78 is 44.3. The Morgan fingerprint density at radius 1 is 1.11 bits per heavy atom. The molecule has 1 aromatic carbocycles. The lowest BCUT2D eigenvalue weighted by Crippen LogP contribution is -2.62. The maximum Gasteiger partial charge on any atom is 0.328 e. The molecule has 3 aliphatic rings. The molecule has 5 rings (SSSR count). The van der Waals surface area contributed by atoms with Crippen molar-refractivity contribution in [3.8, 4) is 11.6 Å². The van der Waals surface area contributed by atoms with Crippen LogP contribution in [-0.4, -0.2) is 116 Å². The number of urea groups is 1. The van der Waals surface area contributed by atoms with Crippen LogP contribution in [0.5, 0.6) is 11.6 Å². The van der Waals surface area contributed by atoms with Gasteiger partial charge in [0.1, 0.15) is 35.5 Å². The van der Waals surface area contributed by atoms with E-state index in [2.05, 4.69) is 26.9 Å². The highest BCUT2D eigenvalue weighted by Gasteiger charge is 2.62. The van der Waals surface area contributed by atoms with Crippen molar-refractivity contribution < 1.29 is 46.6 Å². The number of sulfonamides is 1. The van der Waals surface area contributed by atoms with Crippen molar-refractivity contribution in [3.05, 3.63) is 43.1 Å². The third-order valence-electron chi connectivity index (χ3n) is 10.5. The summed E-state index contributed by atoms with van der Waals surface area (Å²) in [6.07, 6.45) is 3.25. The number of pyridine rings is 1. The molecular weight excluding hydrogens is 733 g/mol. The van der Waals surface area contributed by atoms with Gasteiger partial charge in [0.05, 0.1) is 26.0 Å². The van der Waals surface area contributed by atoms with Crippen molar-refractivity contribution in [1.82, 2.24) is 30.1 Å². The highest BCUT2D eigenvalue weighted by Crippen LogP contribution is 2.45. The van der Waals surface area contributed by atoms with Gasteiger partial charge < -0.3 is 34.6 Å². The first-order valence-corrected chi connectivity index (χ1v) is 19.8. The predicted molar refractivity (Wildman–Crippen MR) is 202 cm³/mol. The summed E-state index contributed by atoms with van der Waals surface area (Å²) in [4.78, 5) is 75.8. The van der Waals surface area contributed by atoms with Crippen LogP contribution in [-0.2, 0) is 33.9 Å². The maximum atomic E-state index is 14.7. The molecule has 16 nitrogen and oxygen atoms in total. The zero-order chi connectivity index (χ0) is 40.6. The second-order valence-corrected chi connectivity index (χ2v) is 17.9. The van der Waals surface area contributed by atoms with Crippen molar-refractivity contribution in [1.29, 1.82) is 0 Å². The minimum absolute atomic E-state index is 0.0227. The van der Waals surface area contributed by atoms with Crippen LogP contribution in [0.2, 0.25) is 0 Å². The molecule has 1 aromatic heterocycles. The van der Waals surface area contributed by atoms with Crippen molar-refractivity contribution >= 4 is 50.5 Å².